The minimum absolute atomic E-state index is 0.00457. The first kappa shape index (κ1) is 22.6. The van der Waals surface area contributed by atoms with Crippen molar-refractivity contribution in [3.63, 3.8) is 0 Å². The van der Waals surface area contributed by atoms with Crippen LogP contribution in [0.2, 0.25) is 0 Å². The van der Waals surface area contributed by atoms with Crippen LogP contribution in [-0.4, -0.2) is 61.6 Å². The molecule has 0 aromatic rings. The van der Waals surface area contributed by atoms with Crippen LogP contribution in [-0.2, 0) is 19.1 Å². The van der Waals surface area contributed by atoms with Gasteiger partial charge in [0.25, 0.3) is 0 Å². The summed E-state index contributed by atoms with van der Waals surface area (Å²) in [6.07, 6.45) is 5.17. The number of ketones is 2. The molecule has 4 aliphatic carbocycles. The van der Waals surface area contributed by atoms with Gasteiger partial charge in [-0.3, -0.25) is 14.4 Å². The van der Waals surface area contributed by atoms with Gasteiger partial charge in [-0.25, -0.2) is 0 Å². The summed E-state index contributed by atoms with van der Waals surface area (Å²) in [5.41, 5.74) is -2.49. The number of carbonyl (C=O) groups excluding carboxylic acids is 3. The van der Waals surface area contributed by atoms with Gasteiger partial charge in [0.05, 0.1) is 10.4 Å². The van der Waals surface area contributed by atoms with Crippen molar-refractivity contribution in [1.29, 1.82) is 0 Å². The van der Waals surface area contributed by atoms with Crippen molar-refractivity contribution in [2.45, 2.75) is 62.2 Å². The Morgan fingerprint density at radius 1 is 1.29 bits per heavy atom. The van der Waals surface area contributed by atoms with Gasteiger partial charge in [-0.2, -0.15) is 0 Å². The number of fused-ring (bicyclic) bond motifs is 5. The molecule has 0 amide bonds. The molecule has 0 aliphatic heterocycles. The molecule has 4 rings (SSSR count). The van der Waals surface area contributed by atoms with E-state index in [1.807, 2.05) is 13.0 Å². The molecular formula is C23H27BrO7. The van der Waals surface area contributed by atoms with Gasteiger partial charge in [0.2, 0.25) is 5.78 Å². The molecule has 3 N–H and O–H groups in total. The SMILES string of the molecule is CC(=O)OCC(=O)[C@@]1(O)[C@H](O)C=C2C3CCC4=CC(=O)C=C[C@]4(C)[C@@]3(Br)C(O)C[C@@]21C. The van der Waals surface area contributed by atoms with Crippen molar-refractivity contribution in [2.24, 2.45) is 16.7 Å². The standard InChI is InChI=1S/C23H27BrO7/c1-12(25)31-11-19(29)23(30)17(27)9-16-15-5-4-13-8-14(26)6-7-20(13,2)22(15,24)18(28)10-21(16,23)3/h6-9,15,17-18,27-28,30H,4-5,10-11H2,1-3H3/t15?,17-,18?,20+,21+,22+,23+/m1/s1. The molecule has 0 aromatic heterocycles. The summed E-state index contributed by atoms with van der Waals surface area (Å²) >= 11 is 3.85. The number of hydrogen-bond donors (Lipinski definition) is 3. The summed E-state index contributed by atoms with van der Waals surface area (Å²) < 4.78 is 3.92. The van der Waals surface area contributed by atoms with Gasteiger partial charge in [-0.15, -0.1) is 0 Å². The number of allylic oxidation sites excluding steroid dienone is 4. The minimum atomic E-state index is -2.22. The first-order chi connectivity index (χ1) is 14.3. The van der Waals surface area contributed by atoms with Crippen LogP contribution >= 0.6 is 15.9 Å². The highest BCUT2D eigenvalue weighted by atomic mass is 79.9. The fraction of sp³-hybridized carbons (Fsp3) is 0.609. The molecule has 4 aliphatic rings. The molecule has 7 atom stereocenters. The summed E-state index contributed by atoms with van der Waals surface area (Å²) in [6, 6.07) is 0. The van der Waals surface area contributed by atoms with Gasteiger partial charge in [0.15, 0.2) is 18.0 Å². The Hall–Kier alpha value is -1.61. The number of ether oxygens (including phenoxy) is 1. The number of rotatable bonds is 3. The molecule has 0 heterocycles. The van der Waals surface area contributed by atoms with Crippen molar-refractivity contribution < 1.29 is 34.4 Å². The predicted octanol–water partition coefficient (Wildman–Crippen LogP) is 1.54. The maximum atomic E-state index is 12.9. The molecule has 0 aromatic carbocycles. The zero-order chi connectivity index (χ0) is 23.0. The van der Waals surface area contributed by atoms with Gasteiger partial charge >= 0.3 is 5.97 Å². The first-order valence-corrected chi connectivity index (χ1v) is 11.2. The van der Waals surface area contributed by atoms with E-state index in [2.05, 4.69) is 15.9 Å². The Labute approximate surface area is 189 Å². The van der Waals surface area contributed by atoms with Gasteiger partial charge in [-0.05, 0) is 37.3 Å². The molecule has 168 valence electrons. The van der Waals surface area contributed by atoms with Gasteiger partial charge in [0, 0.05) is 17.8 Å². The highest BCUT2D eigenvalue weighted by Crippen LogP contribution is 2.69. The third-order valence-corrected chi connectivity index (χ3v) is 10.0. The smallest absolute Gasteiger partial charge is 0.303 e. The average Bonchev–Trinajstić information content (AvgIpc) is 2.89. The van der Waals surface area contributed by atoms with Crippen LogP contribution in [0, 0.1) is 16.7 Å². The Bertz CT molecular complexity index is 967. The number of esters is 1. The molecule has 0 spiro atoms. The van der Waals surface area contributed by atoms with Crippen molar-refractivity contribution in [1.82, 2.24) is 0 Å². The van der Waals surface area contributed by atoms with E-state index in [4.69, 9.17) is 4.74 Å². The van der Waals surface area contributed by atoms with E-state index >= 15 is 0 Å². The van der Waals surface area contributed by atoms with E-state index in [1.54, 1.807) is 13.0 Å². The topological polar surface area (TPSA) is 121 Å². The second-order valence-corrected chi connectivity index (χ2v) is 10.9. The zero-order valence-corrected chi connectivity index (χ0v) is 19.3. The third kappa shape index (κ3) is 2.71. The number of halogens is 1. The Kier molecular flexibility index (Phi) is 5.06. The quantitative estimate of drug-likeness (QED) is 0.309. The summed E-state index contributed by atoms with van der Waals surface area (Å²) in [6.45, 7) is 4.14. The Balaban J connectivity index is 1.78. The lowest BCUT2D eigenvalue weighted by Gasteiger charge is -2.62. The number of Topliss-reactive ketones (excluding diaryl/α,β-unsaturated/α-hetero) is 1. The van der Waals surface area contributed by atoms with Crippen LogP contribution in [0.25, 0.3) is 0 Å². The van der Waals surface area contributed by atoms with Crippen LogP contribution < -0.4 is 0 Å². The maximum absolute atomic E-state index is 12.9. The second kappa shape index (κ2) is 6.94. The highest BCUT2D eigenvalue weighted by molar-refractivity contribution is 9.10. The number of aliphatic hydroxyl groups is 3. The lowest BCUT2D eigenvalue weighted by molar-refractivity contribution is -0.176. The van der Waals surface area contributed by atoms with E-state index in [-0.39, 0.29) is 18.1 Å². The molecule has 2 unspecified atom stereocenters. The van der Waals surface area contributed by atoms with Crippen molar-refractivity contribution in [3.05, 3.63) is 35.5 Å². The van der Waals surface area contributed by atoms with E-state index in [1.165, 1.54) is 12.2 Å². The molecule has 8 heteroatoms. The lowest BCUT2D eigenvalue weighted by Crippen LogP contribution is -2.68. The van der Waals surface area contributed by atoms with Gasteiger partial charge in [0.1, 0.15) is 6.10 Å². The van der Waals surface area contributed by atoms with Crippen LogP contribution in [0.3, 0.4) is 0 Å². The molecule has 2 fully saturated rings. The van der Waals surface area contributed by atoms with E-state index in [9.17, 15) is 29.7 Å². The fourth-order valence-electron chi connectivity index (χ4n) is 6.34. The molecule has 7 nitrogen and oxygen atoms in total. The summed E-state index contributed by atoms with van der Waals surface area (Å²) in [5, 5.41) is 33.8. The molecule has 31 heavy (non-hydrogen) atoms. The largest absolute Gasteiger partial charge is 0.458 e. The normalized spacial score (nSPS) is 45.8. The molecule has 0 radical (unpaired) electrons. The predicted molar refractivity (Wildman–Crippen MR) is 114 cm³/mol. The second-order valence-electron chi connectivity index (χ2n) is 9.56. The molecular weight excluding hydrogens is 468 g/mol. The van der Waals surface area contributed by atoms with Crippen LogP contribution in [0.4, 0.5) is 0 Å². The van der Waals surface area contributed by atoms with E-state index in [0.29, 0.717) is 18.4 Å². The molecule has 2 saturated carbocycles. The number of hydrogen-bond acceptors (Lipinski definition) is 7. The van der Waals surface area contributed by atoms with E-state index in [0.717, 1.165) is 12.5 Å². The minimum Gasteiger partial charge on any atom is -0.458 e. The molecule has 0 saturated heterocycles. The van der Waals surface area contributed by atoms with E-state index < -0.39 is 51.3 Å². The summed E-state index contributed by atoms with van der Waals surface area (Å²) in [7, 11) is 0. The average molecular weight is 495 g/mol. The highest BCUT2D eigenvalue weighted by Gasteiger charge is 2.72. The van der Waals surface area contributed by atoms with Gasteiger partial charge in [-0.1, -0.05) is 53.1 Å². The summed E-state index contributed by atoms with van der Waals surface area (Å²) in [4.78, 5) is 36.1. The van der Waals surface area contributed by atoms with Crippen LogP contribution in [0.15, 0.2) is 35.5 Å². The fourth-order valence-corrected chi connectivity index (χ4v) is 7.37. The van der Waals surface area contributed by atoms with Gasteiger partial charge < -0.3 is 20.1 Å². The first-order valence-electron chi connectivity index (χ1n) is 10.4. The maximum Gasteiger partial charge on any atom is 0.303 e. The van der Waals surface area contributed by atoms with Crippen molar-refractivity contribution >= 4 is 33.5 Å². The monoisotopic (exact) mass is 494 g/mol. The third-order valence-electron chi connectivity index (χ3n) is 8.11. The van der Waals surface area contributed by atoms with Crippen LogP contribution in [0.1, 0.15) is 40.0 Å². The Morgan fingerprint density at radius 3 is 2.61 bits per heavy atom. The summed E-state index contributed by atoms with van der Waals surface area (Å²) in [5.74, 6) is -1.85. The molecule has 0 bridgehead atoms. The van der Waals surface area contributed by atoms with Crippen molar-refractivity contribution in [2.75, 3.05) is 6.61 Å². The van der Waals surface area contributed by atoms with Crippen molar-refractivity contribution in [3.8, 4) is 0 Å². The Morgan fingerprint density at radius 2 is 1.97 bits per heavy atom. The number of alkyl halides is 1. The number of aliphatic hydroxyl groups excluding tert-OH is 2. The van der Waals surface area contributed by atoms with Crippen LogP contribution in [0.5, 0.6) is 0 Å². The number of carbonyl (C=O) groups is 3. The lowest BCUT2D eigenvalue weighted by atomic mass is 9.47. The zero-order valence-electron chi connectivity index (χ0n) is 17.7.